The van der Waals surface area contributed by atoms with Gasteiger partial charge in [-0.15, -0.1) is 0 Å². The number of hydrogen-bond donors (Lipinski definition) is 1. The van der Waals surface area contributed by atoms with Crippen molar-refractivity contribution in [1.82, 2.24) is 4.31 Å². The van der Waals surface area contributed by atoms with Gasteiger partial charge >= 0.3 is 0 Å². The molecule has 5 heteroatoms. The number of nitrogens with two attached hydrogens (primary N) is 1. The Morgan fingerprint density at radius 2 is 1.48 bits per heavy atom. The molecular weight excluding hydrogens is 284 g/mol. The normalized spacial score (nSPS) is 11.7. The van der Waals surface area contributed by atoms with Crippen LogP contribution in [-0.4, -0.2) is 25.8 Å². The third kappa shape index (κ3) is 4.14. The second-order valence-corrected chi connectivity index (χ2v) is 6.72. The fourth-order valence-electron chi connectivity index (χ4n) is 2.08. The lowest BCUT2D eigenvalue weighted by atomic mass is 10.2. The molecule has 0 aliphatic carbocycles. The maximum absolute atomic E-state index is 12.7. The van der Waals surface area contributed by atoms with Crippen molar-refractivity contribution in [3.8, 4) is 0 Å². The fraction of sp³-hybridized carbons (Fsp3) is 0.250. The summed E-state index contributed by atoms with van der Waals surface area (Å²) in [7, 11) is -3.49. The molecule has 0 amide bonds. The van der Waals surface area contributed by atoms with E-state index >= 15 is 0 Å². The monoisotopic (exact) mass is 304 g/mol. The highest BCUT2D eigenvalue weighted by Gasteiger charge is 2.23. The average molecular weight is 304 g/mol. The number of sulfonamides is 1. The van der Waals surface area contributed by atoms with Crippen molar-refractivity contribution in [3.05, 3.63) is 66.2 Å². The van der Waals surface area contributed by atoms with Gasteiger partial charge < -0.3 is 5.73 Å². The van der Waals surface area contributed by atoms with Gasteiger partial charge in [0.15, 0.2) is 0 Å². The van der Waals surface area contributed by atoms with Gasteiger partial charge in [0, 0.05) is 13.1 Å². The highest BCUT2D eigenvalue weighted by atomic mass is 32.2. The molecule has 0 aromatic heterocycles. The van der Waals surface area contributed by atoms with Crippen LogP contribution < -0.4 is 5.73 Å². The third-order valence-electron chi connectivity index (χ3n) is 3.19. The zero-order valence-electron chi connectivity index (χ0n) is 11.9. The van der Waals surface area contributed by atoms with Gasteiger partial charge in [0.1, 0.15) is 0 Å². The van der Waals surface area contributed by atoms with Crippen LogP contribution in [0.25, 0.3) is 0 Å². The third-order valence-corrected chi connectivity index (χ3v) is 5.05. The highest BCUT2D eigenvalue weighted by molar-refractivity contribution is 7.89. The molecule has 0 aliphatic rings. The van der Waals surface area contributed by atoms with Crippen molar-refractivity contribution >= 4 is 10.0 Å². The quantitative estimate of drug-likeness (QED) is 0.853. The van der Waals surface area contributed by atoms with Gasteiger partial charge in [-0.3, -0.25) is 0 Å². The first kappa shape index (κ1) is 15.7. The molecular formula is C16H20N2O2S. The van der Waals surface area contributed by atoms with Crippen LogP contribution >= 0.6 is 0 Å². The van der Waals surface area contributed by atoms with Crippen LogP contribution in [0.3, 0.4) is 0 Å². The van der Waals surface area contributed by atoms with Crippen molar-refractivity contribution in [2.24, 2.45) is 5.73 Å². The summed E-state index contributed by atoms with van der Waals surface area (Å²) in [5.41, 5.74) is 6.50. The maximum atomic E-state index is 12.7. The van der Waals surface area contributed by atoms with Gasteiger partial charge in [-0.2, -0.15) is 4.31 Å². The van der Waals surface area contributed by atoms with Gasteiger partial charge in [-0.05, 0) is 30.7 Å². The lowest BCUT2D eigenvalue weighted by Gasteiger charge is -2.22. The Balaban J connectivity index is 2.27. The summed E-state index contributed by atoms with van der Waals surface area (Å²) in [6, 6.07) is 18.1. The van der Waals surface area contributed by atoms with Crippen molar-refractivity contribution in [3.63, 3.8) is 0 Å². The second-order valence-electron chi connectivity index (χ2n) is 4.78. The van der Waals surface area contributed by atoms with E-state index in [9.17, 15) is 8.42 Å². The van der Waals surface area contributed by atoms with E-state index in [0.29, 0.717) is 31.0 Å². The minimum absolute atomic E-state index is 0.318. The summed E-state index contributed by atoms with van der Waals surface area (Å²) in [5, 5.41) is 0. The molecule has 0 radical (unpaired) electrons. The van der Waals surface area contributed by atoms with E-state index in [0.717, 1.165) is 5.56 Å². The Hall–Kier alpha value is -1.69. The van der Waals surface area contributed by atoms with Crippen LogP contribution in [-0.2, 0) is 16.6 Å². The Morgan fingerprint density at radius 1 is 0.905 bits per heavy atom. The average Bonchev–Trinajstić information content (AvgIpc) is 2.53. The summed E-state index contributed by atoms with van der Waals surface area (Å²) in [6.45, 7) is 1.25. The molecule has 0 unspecified atom stereocenters. The molecule has 0 spiro atoms. The fourth-order valence-corrected chi connectivity index (χ4v) is 3.57. The lowest BCUT2D eigenvalue weighted by Crippen LogP contribution is -2.32. The molecule has 4 nitrogen and oxygen atoms in total. The minimum Gasteiger partial charge on any atom is -0.330 e. The lowest BCUT2D eigenvalue weighted by molar-refractivity contribution is 0.402. The first-order valence-corrected chi connectivity index (χ1v) is 8.38. The second kappa shape index (κ2) is 7.36. The molecule has 0 fully saturated rings. The molecule has 0 atom stereocenters. The Labute approximate surface area is 126 Å². The molecule has 2 aromatic rings. The van der Waals surface area contributed by atoms with E-state index in [2.05, 4.69) is 0 Å². The van der Waals surface area contributed by atoms with Gasteiger partial charge in [-0.25, -0.2) is 8.42 Å². The van der Waals surface area contributed by atoms with Gasteiger partial charge in [0.05, 0.1) is 4.90 Å². The standard InChI is InChI=1S/C16H20N2O2S/c17-12-7-13-18(14-15-8-3-1-4-9-15)21(19,20)16-10-5-2-6-11-16/h1-6,8-11H,7,12-14,17H2. The zero-order chi connectivity index (χ0) is 15.1. The molecule has 0 saturated carbocycles. The van der Waals surface area contributed by atoms with E-state index in [1.54, 1.807) is 30.3 Å². The molecule has 2 aromatic carbocycles. The van der Waals surface area contributed by atoms with Crippen LogP contribution in [0.2, 0.25) is 0 Å². The van der Waals surface area contributed by atoms with Crippen LogP contribution in [0.4, 0.5) is 0 Å². The van der Waals surface area contributed by atoms with Crippen molar-refractivity contribution < 1.29 is 8.42 Å². The first-order valence-electron chi connectivity index (χ1n) is 6.94. The Morgan fingerprint density at radius 3 is 2.05 bits per heavy atom. The van der Waals surface area contributed by atoms with E-state index in [4.69, 9.17) is 5.73 Å². The summed E-state index contributed by atoms with van der Waals surface area (Å²) in [5.74, 6) is 0. The first-order chi connectivity index (χ1) is 10.1. The molecule has 0 bridgehead atoms. The Kier molecular flexibility index (Phi) is 5.50. The number of nitrogens with zero attached hydrogens (tertiary/aromatic N) is 1. The topological polar surface area (TPSA) is 63.4 Å². The summed E-state index contributed by atoms with van der Waals surface area (Å²) >= 11 is 0. The molecule has 21 heavy (non-hydrogen) atoms. The van der Waals surface area contributed by atoms with Crippen molar-refractivity contribution in [1.29, 1.82) is 0 Å². The van der Waals surface area contributed by atoms with E-state index in [-0.39, 0.29) is 0 Å². The van der Waals surface area contributed by atoms with Crippen LogP contribution in [0.1, 0.15) is 12.0 Å². The van der Waals surface area contributed by atoms with E-state index in [1.807, 2.05) is 30.3 Å². The van der Waals surface area contributed by atoms with Crippen LogP contribution in [0.15, 0.2) is 65.6 Å². The molecule has 0 heterocycles. The summed E-state index contributed by atoms with van der Waals surface area (Å²) in [4.78, 5) is 0.318. The summed E-state index contributed by atoms with van der Waals surface area (Å²) < 4.78 is 26.9. The SMILES string of the molecule is NCCCN(Cc1ccccc1)S(=O)(=O)c1ccccc1. The smallest absolute Gasteiger partial charge is 0.243 e. The molecule has 2 rings (SSSR count). The van der Waals surface area contributed by atoms with Gasteiger partial charge in [-0.1, -0.05) is 48.5 Å². The largest absolute Gasteiger partial charge is 0.330 e. The predicted octanol–water partition coefficient (Wildman–Crippen LogP) is 2.23. The molecule has 112 valence electrons. The summed E-state index contributed by atoms with van der Waals surface area (Å²) in [6.07, 6.45) is 0.638. The van der Waals surface area contributed by atoms with Gasteiger partial charge in [0.2, 0.25) is 10.0 Å². The molecule has 0 aliphatic heterocycles. The number of rotatable bonds is 7. The molecule has 2 N–H and O–H groups in total. The minimum atomic E-state index is -3.49. The molecule has 0 saturated heterocycles. The Bertz CT molecular complexity index is 642. The van der Waals surface area contributed by atoms with Crippen LogP contribution in [0.5, 0.6) is 0 Å². The van der Waals surface area contributed by atoms with Crippen LogP contribution in [0, 0.1) is 0 Å². The van der Waals surface area contributed by atoms with Crippen molar-refractivity contribution in [2.45, 2.75) is 17.9 Å². The maximum Gasteiger partial charge on any atom is 0.243 e. The van der Waals surface area contributed by atoms with Crippen molar-refractivity contribution in [2.75, 3.05) is 13.1 Å². The number of hydrogen-bond acceptors (Lipinski definition) is 3. The zero-order valence-corrected chi connectivity index (χ0v) is 12.7. The van der Waals surface area contributed by atoms with E-state index in [1.165, 1.54) is 4.31 Å². The number of benzene rings is 2. The highest BCUT2D eigenvalue weighted by Crippen LogP contribution is 2.18. The predicted molar refractivity (Wildman–Crippen MR) is 84.2 cm³/mol. The van der Waals surface area contributed by atoms with E-state index < -0.39 is 10.0 Å². The van der Waals surface area contributed by atoms with Gasteiger partial charge in [0.25, 0.3) is 0 Å².